The summed E-state index contributed by atoms with van der Waals surface area (Å²) in [7, 11) is 1.86. The van der Waals surface area contributed by atoms with E-state index in [2.05, 4.69) is 13.8 Å². The zero-order chi connectivity index (χ0) is 23.0. The first-order chi connectivity index (χ1) is 14.7. The van der Waals surface area contributed by atoms with Crippen molar-refractivity contribution in [3.05, 3.63) is 48.0 Å². The summed E-state index contributed by atoms with van der Waals surface area (Å²) in [5.74, 6) is 0.498. The molecule has 0 saturated carbocycles. The van der Waals surface area contributed by atoms with Crippen molar-refractivity contribution in [2.24, 2.45) is 17.8 Å². The molecular formula is C25H36N2O4. The molecule has 1 aromatic rings. The highest BCUT2D eigenvalue weighted by atomic mass is 16.6. The normalized spacial score (nSPS) is 19.2. The summed E-state index contributed by atoms with van der Waals surface area (Å²) in [6.45, 7) is 9.13. The SMILES string of the molecule is CC[C@@H](C)C(=O)N(C)CC[C@H](C)C[C@H](C)/C=C/C(=O)N1C(=O)OC[C@H]1c1ccccc1. The lowest BCUT2D eigenvalue weighted by Gasteiger charge is -2.23. The molecule has 6 heteroatoms. The van der Waals surface area contributed by atoms with Crippen molar-refractivity contribution in [2.75, 3.05) is 20.2 Å². The first-order valence-electron chi connectivity index (χ1n) is 11.2. The van der Waals surface area contributed by atoms with Crippen molar-refractivity contribution < 1.29 is 19.1 Å². The molecule has 0 aromatic heterocycles. The van der Waals surface area contributed by atoms with E-state index in [0.717, 1.165) is 31.4 Å². The van der Waals surface area contributed by atoms with Gasteiger partial charge in [-0.15, -0.1) is 0 Å². The second-order valence-electron chi connectivity index (χ2n) is 8.75. The third-order valence-corrected chi connectivity index (χ3v) is 6.00. The Kier molecular flexibility index (Phi) is 9.28. The highest BCUT2D eigenvalue weighted by Gasteiger charge is 2.37. The Morgan fingerprint density at radius 2 is 1.90 bits per heavy atom. The van der Waals surface area contributed by atoms with Crippen LogP contribution >= 0.6 is 0 Å². The van der Waals surface area contributed by atoms with Gasteiger partial charge >= 0.3 is 6.09 Å². The first kappa shape index (κ1) is 24.6. The minimum absolute atomic E-state index is 0.0603. The maximum Gasteiger partial charge on any atom is 0.417 e. The number of ether oxygens (including phenoxy) is 1. The number of hydrogen-bond donors (Lipinski definition) is 0. The molecular weight excluding hydrogens is 392 g/mol. The average Bonchev–Trinajstić information content (AvgIpc) is 3.16. The molecule has 6 nitrogen and oxygen atoms in total. The number of carbonyl (C=O) groups excluding carboxylic acids is 3. The van der Waals surface area contributed by atoms with Gasteiger partial charge in [-0.05, 0) is 42.7 Å². The van der Waals surface area contributed by atoms with E-state index in [1.807, 2.05) is 62.2 Å². The fourth-order valence-corrected chi connectivity index (χ4v) is 3.82. The van der Waals surface area contributed by atoms with E-state index in [4.69, 9.17) is 4.74 Å². The van der Waals surface area contributed by atoms with Gasteiger partial charge in [0.25, 0.3) is 5.91 Å². The second kappa shape index (κ2) is 11.7. The molecule has 1 aromatic carbocycles. The molecule has 1 saturated heterocycles. The summed E-state index contributed by atoms with van der Waals surface area (Å²) in [5.41, 5.74) is 0.882. The molecule has 0 aliphatic carbocycles. The van der Waals surface area contributed by atoms with Crippen LogP contribution in [0.5, 0.6) is 0 Å². The number of amides is 3. The van der Waals surface area contributed by atoms with E-state index in [1.54, 1.807) is 0 Å². The third kappa shape index (κ3) is 6.94. The highest BCUT2D eigenvalue weighted by Crippen LogP contribution is 2.28. The lowest BCUT2D eigenvalue weighted by Crippen LogP contribution is -2.33. The van der Waals surface area contributed by atoms with Crippen molar-refractivity contribution >= 4 is 17.9 Å². The first-order valence-corrected chi connectivity index (χ1v) is 11.2. The van der Waals surface area contributed by atoms with E-state index in [9.17, 15) is 14.4 Å². The van der Waals surface area contributed by atoms with Gasteiger partial charge in [0.1, 0.15) is 12.6 Å². The zero-order valence-electron chi connectivity index (χ0n) is 19.4. The summed E-state index contributed by atoms with van der Waals surface area (Å²) in [5, 5.41) is 0. The van der Waals surface area contributed by atoms with Crippen molar-refractivity contribution in [3.8, 4) is 0 Å². The van der Waals surface area contributed by atoms with Crippen LogP contribution in [0.15, 0.2) is 42.5 Å². The van der Waals surface area contributed by atoms with Gasteiger partial charge in [0.15, 0.2) is 0 Å². The summed E-state index contributed by atoms with van der Waals surface area (Å²) in [4.78, 5) is 40.0. The third-order valence-electron chi connectivity index (χ3n) is 6.00. The van der Waals surface area contributed by atoms with Gasteiger partial charge in [-0.25, -0.2) is 9.69 Å². The smallest absolute Gasteiger partial charge is 0.417 e. The van der Waals surface area contributed by atoms with Crippen molar-refractivity contribution in [2.45, 2.75) is 53.0 Å². The maximum absolute atomic E-state index is 12.7. The average molecular weight is 429 g/mol. The van der Waals surface area contributed by atoms with Crippen LogP contribution in [0.2, 0.25) is 0 Å². The van der Waals surface area contributed by atoms with Crippen molar-refractivity contribution in [1.29, 1.82) is 0 Å². The van der Waals surface area contributed by atoms with Gasteiger partial charge in [0.2, 0.25) is 5.91 Å². The lowest BCUT2D eigenvalue weighted by atomic mass is 9.94. The fourth-order valence-electron chi connectivity index (χ4n) is 3.82. The topological polar surface area (TPSA) is 66.9 Å². The number of allylic oxidation sites excluding steroid dienone is 1. The Bertz CT molecular complexity index is 777. The molecule has 1 aliphatic heterocycles. The summed E-state index contributed by atoms with van der Waals surface area (Å²) < 4.78 is 5.12. The monoisotopic (exact) mass is 428 g/mol. The Hall–Kier alpha value is -2.63. The summed E-state index contributed by atoms with van der Waals surface area (Å²) in [6, 6.07) is 9.06. The number of benzene rings is 1. The van der Waals surface area contributed by atoms with Gasteiger partial charge in [0, 0.05) is 19.5 Å². The predicted octanol–water partition coefficient (Wildman–Crippen LogP) is 4.82. The molecule has 2 rings (SSSR count). The van der Waals surface area contributed by atoms with E-state index < -0.39 is 12.1 Å². The molecule has 0 unspecified atom stereocenters. The van der Waals surface area contributed by atoms with Gasteiger partial charge in [-0.1, -0.05) is 64.1 Å². The fraction of sp³-hybridized carbons (Fsp3) is 0.560. The van der Waals surface area contributed by atoms with Crippen LogP contribution in [0.25, 0.3) is 0 Å². The minimum Gasteiger partial charge on any atom is -0.446 e. The lowest BCUT2D eigenvalue weighted by molar-refractivity contribution is -0.133. The van der Waals surface area contributed by atoms with E-state index in [-0.39, 0.29) is 30.3 Å². The zero-order valence-corrected chi connectivity index (χ0v) is 19.4. The molecule has 31 heavy (non-hydrogen) atoms. The standard InChI is InChI=1S/C25H36N2O4/c1-6-20(4)24(29)26(5)15-14-19(3)16-18(2)12-13-23(28)27-22(17-31-25(27)30)21-10-8-7-9-11-21/h7-13,18-20,22H,6,14-17H2,1-5H3/b13-12+/t18-,19+,20-,22+/m1/s1. The molecule has 3 amide bonds. The summed E-state index contributed by atoms with van der Waals surface area (Å²) >= 11 is 0. The molecule has 1 heterocycles. The number of nitrogens with zero attached hydrogens (tertiary/aromatic N) is 2. The molecule has 1 aliphatic rings. The van der Waals surface area contributed by atoms with Crippen LogP contribution in [-0.4, -0.2) is 47.9 Å². The van der Waals surface area contributed by atoms with Crippen molar-refractivity contribution in [1.82, 2.24) is 9.80 Å². The van der Waals surface area contributed by atoms with Crippen LogP contribution in [0.4, 0.5) is 4.79 Å². The van der Waals surface area contributed by atoms with E-state index in [0.29, 0.717) is 5.92 Å². The Morgan fingerprint density at radius 3 is 2.55 bits per heavy atom. The predicted molar refractivity (Wildman–Crippen MR) is 121 cm³/mol. The van der Waals surface area contributed by atoms with Gasteiger partial charge in [0.05, 0.1) is 0 Å². The van der Waals surface area contributed by atoms with E-state index in [1.165, 1.54) is 11.0 Å². The number of cyclic esters (lactones) is 1. The Labute approximate surface area is 186 Å². The number of rotatable bonds is 10. The second-order valence-corrected chi connectivity index (χ2v) is 8.75. The Balaban J connectivity index is 1.86. The number of carbonyl (C=O) groups is 3. The number of imide groups is 1. The molecule has 0 N–H and O–H groups in total. The van der Waals surface area contributed by atoms with Crippen LogP contribution in [-0.2, 0) is 14.3 Å². The van der Waals surface area contributed by atoms with Gasteiger partial charge < -0.3 is 9.64 Å². The molecule has 0 bridgehead atoms. The molecule has 0 radical (unpaired) electrons. The van der Waals surface area contributed by atoms with Gasteiger partial charge in [-0.2, -0.15) is 0 Å². The Morgan fingerprint density at radius 1 is 1.23 bits per heavy atom. The van der Waals surface area contributed by atoms with Gasteiger partial charge in [-0.3, -0.25) is 9.59 Å². The largest absolute Gasteiger partial charge is 0.446 e. The van der Waals surface area contributed by atoms with Crippen LogP contribution in [0, 0.1) is 17.8 Å². The summed E-state index contributed by atoms with van der Waals surface area (Å²) in [6.07, 6.45) is 5.42. The quantitative estimate of drug-likeness (QED) is 0.501. The van der Waals surface area contributed by atoms with E-state index >= 15 is 0 Å². The maximum atomic E-state index is 12.7. The number of hydrogen-bond acceptors (Lipinski definition) is 4. The van der Waals surface area contributed by atoms with Crippen LogP contribution in [0.3, 0.4) is 0 Å². The minimum atomic E-state index is -0.599. The highest BCUT2D eigenvalue weighted by molar-refractivity contribution is 5.99. The molecule has 170 valence electrons. The molecule has 4 atom stereocenters. The molecule has 1 fully saturated rings. The molecule has 0 spiro atoms. The van der Waals surface area contributed by atoms with Crippen LogP contribution < -0.4 is 0 Å². The van der Waals surface area contributed by atoms with Crippen molar-refractivity contribution in [3.63, 3.8) is 0 Å². The van der Waals surface area contributed by atoms with Crippen LogP contribution in [0.1, 0.15) is 58.6 Å².